The molecule has 0 bridgehead atoms. The van der Waals surface area contributed by atoms with E-state index in [4.69, 9.17) is 0 Å². The summed E-state index contributed by atoms with van der Waals surface area (Å²) in [7, 11) is 0. The minimum Gasteiger partial charge on any atom is -0.340 e. The maximum atomic E-state index is 13.9. The highest BCUT2D eigenvalue weighted by Gasteiger charge is 2.10. The van der Waals surface area contributed by atoms with Gasteiger partial charge in [-0.2, -0.15) is 4.98 Å². The largest absolute Gasteiger partial charge is 0.340 e. The van der Waals surface area contributed by atoms with E-state index in [1.54, 1.807) is 0 Å². The van der Waals surface area contributed by atoms with Crippen molar-refractivity contribution in [2.24, 2.45) is 0 Å². The molecule has 1 aromatic heterocycles. The summed E-state index contributed by atoms with van der Waals surface area (Å²) in [5, 5.41) is 6.10. The van der Waals surface area contributed by atoms with Crippen LogP contribution in [-0.4, -0.2) is 9.97 Å². The molecule has 0 spiro atoms. The zero-order valence-electron chi connectivity index (χ0n) is 14.8. The summed E-state index contributed by atoms with van der Waals surface area (Å²) in [6.45, 7) is 6.07. The second-order valence-electron chi connectivity index (χ2n) is 6.33. The SMILES string of the molecule is Cc1cc(Nc2ccccc2C(C)C)nc(Nc2ccc(F)cc2F)n1. The molecule has 0 unspecified atom stereocenters. The molecule has 26 heavy (non-hydrogen) atoms. The Kier molecular flexibility index (Phi) is 5.11. The van der Waals surface area contributed by atoms with Gasteiger partial charge in [0.15, 0.2) is 0 Å². The monoisotopic (exact) mass is 354 g/mol. The highest BCUT2D eigenvalue weighted by atomic mass is 19.1. The molecule has 0 fully saturated rings. The predicted octanol–water partition coefficient (Wildman–Crippen LogP) is 5.67. The van der Waals surface area contributed by atoms with Crippen molar-refractivity contribution in [2.45, 2.75) is 26.7 Å². The minimum absolute atomic E-state index is 0.116. The Morgan fingerprint density at radius 1 is 0.885 bits per heavy atom. The van der Waals surface area contributed by atoms with Crippen LogP contribution in [0.5, 0.6) is 0 Å². The normalized spacial score (nSPS) is 10.8. The van der Waals surface area contributed by atoms with Crippen molar-refractivity contribution in [1.82, 2.24) is 9.97 Å². The lowest BCUT2D eigenvalue weighted by Crippen LogP contribution is -2.05. The van der Waals surface area contributed by atoms with E-state index in [1.165, 1.54) is 17.7 Å². The Bertz CT molecular complexity index is 925. The molecule has 0 aliphatic rings. The summed E-state index contributed by atoms with van der Waals surface area (Å²) < 4.78 is 26.9. The number of aryl methyl sites for hydroxylation is 1. The van der Waals surface area contributed by atoms with Gasteiger partial charge in [-0.15, -0.1) is 0 Å². The van der Waals surface area contributed by atoms with Gasteiger partial charge >= 0.3 is 0 Å². The topological polar surface area (TPSA) is 49.8 Å². The Labute approximate surface area is 151 Å². The molecule has 0 aliphatic carbocycles. The lowest BCUT2D eigenvalue weighted by atomic mass is 10.0. The van der Waals surface area contributed by atoms with Gasteiger partial charge in [-0.05, 0) is 36.6 Å². The average Bonchev–Trinajstić information content (AvgIpc) is 2.57. The van der Waals surface area contributed by atoms with E-state index >= 15 is 0 Å². The zero-order valence-corrected chi connectivity index (χ0v) is 14.8. The van der Waals surface area contributed by atoms with Crippen molar-refractivity contribution < 1.29 is 8.78 Å². The fourth-order valence-corrected chi connectivity index (χ4v) is 2.65. The van der Waals surface area contributed by atoms with Crippen LogP contribution in [0.2, 0.25) is 0 Å². The quantitative estimate of drug-likeness (QED) is 0.619. The first-order valence-corrected chi connectivity index (χ1v) is 8.36. The standard InChI is InChI=1S/C20H20F2N4/c1-12(2)15-6-4-5-7-17(15)24-19-10-13(3)23-20(26-19)25-18-9-8-14(21)11-16(18)22/h4-12H,1-3H3,(H2,23,24,25,26). The van der Waals surface area contributed by atoms with Crippen LogP contribution in [0.1, 0.15) is 31.0 Å². The van der Waals surface area contributed by atoms with Crippen molar-refractivity contribution in [3.05, 3.63) is 71.4 Å². The van der Waals surface area contributed by atoms with E-state index < -0.39 is 11.6 Å². The molecule has 134 valence electrons. The number of hydrogen-bond donors (Lipinski definition) is 2. The summed E-state index contributed by atoms with van der Waals surface area (Å²) >= 11 is 0. The number of rotatable bonds is 5. The second kappa shape index (κ2) is 7.47. The van der Waals surface area contributed by atoms with Gasteiger partial charge in [0, 0.05) is 23.5 Å². The molecule has 0 amide bonds. The highest BCUT2D eigenvalue weighted by molar-refractivity contribution is 5.63. The fourth-order valence-electron chi connectivity index (χ4n) is 2.65. The number of para-hydroxylation sites is 1. The minimum atomic E-state index is -0.699. The van der Waals surface area contributed by atoms with E-state index in [0.717, 1.165) is 17.4 Å². The second-order valence-corrected chi connectivity index (χ2v) is 6.33. The van der Waals surface area contributed by atoms with Crippen LogP contribution in [0, 0.1) is 18.6 Å². The van der Waals surface area contributed by atoms with E-state index in [2.05, 4.69) is 40.5 Å². The summed E-state index contributed by atoms with van der Waals surface area (Å²) in [5.74, 6) is -0.149. The van der Waals surface area contributed by atoms with Crippen LogP contribution < -0.4 is 10.6 Å². The summed E-state index contributed by atoms with van der Waals surface area (Å²) in [4.78, 5) is 8.66. The molecule has 1 heterocycles. The van der Waals surface area contributed by atoms with Gasteiger partial charge in [0.05, 0.1) is 5.69 Å². The molecular weight excluding hydrogens is 334 g/mol. The number of halogens is 2. The molecule has 6 heteroatoms. The third-order valence-electron chi connectivity index (χ3n) is 3.88. The number of nitrogens with one attached hydrogen (secondary N) is 2. The molecular formula is C20H20F2N4. The Balaban J connectivity index is 1.89. The lowest BCUT2D eigenvalue weighted by molar-refractivity contribution is 0.586. The third-order valence-corrected chi connectivity index (χ3v) is 3.88. The summed E-state index contributed by atoms with van der Waals surface area (Å²) in [6, 6.07) is 13.1. The van der Waals surface area contributed by atoms with Crippen LogP contribution in [0.4, 0.5) is 31.9 Å². The first-order valence-electron chi connectivity index (χ1n) is 8.36. The Hall–Kier alpha value is -3.02. The van der Waals surface area contributed by atoms with E-state index in [-0.39, 0.29) is 11.6 Å². The maximum absolute atomic E-state index is 13.9. The van der Waals surface area contributed by atoms with E-state index in [0.29, 0.717) is 11.7 Å². The van der Waals surface area contributed by atoms with E-state index in [1.807, 2.05) is 31.2 Å². The highest BCUT2D eigenvalue weighted by Crippen LogP contribution is 2.27. The van der Waals surface area contributed by atoms with E-state index in [9.17, 15) is 8.78 Å². The van der Waals surface area contributed by atoms with Gasteiger partial charge < -0.3 is 10.6 Å². The first kappa shape index (κ1) is 17.8. The van der Waals surface area contributed by atoms with Crippen LogP contribution in [0.3, 0.4) is 0 Å². The Morgan fingerprint density at radius 3 is 2.38 bits per heavy atom. The zero-order chi connectivity index (χ0) is 18.7. The van der Waals surface area contributed by atoms with Crippen LogP contribution in [0.15, 0.2) is 48.5 Å². The smallest absolute Gasteiger partial charge is 0.229 e. The van der Waals surface area contributed by atoms with Crippen molar-refractivity contribution >= 4 is 23.1 Å². The molecule has 2 N–H and O–H groups in total. The molecule has 2 aromatic carbocycles. The van der Waals surface area contributed by atoms with Gasteiger partial charge in [0.25, 0.3) is 0 Å². The first-order chi connectivity index (χ1) is 12.4. The fraction of sp³-hybridized carbons (Fsp3) is 0.200. The maximum Gasteiger partial charge on any atom is 0.229 e. The van der Waals surface area contributed by atoms with Crippen molar-refractivity contribution in [2.75, 3.05) is 10.6 Å². The van der Waals surface area contributed by atoms with Gasteiger partial charge in [0.1, 0.15) is 17.5 Å². The van der Waals surface area contributed by atoms with Crippen molar-refractivity contribution in [3.8, 4) is 0 Å². The molecule has 0 saturated carbocycles. The average molecular weight is 354 g/mol. The summed E-state index contributed by atoms with van der Waals surface area (Å²) in [5.41, 5.74) is 2.96. The van der Waals surface area contributed by atoms with Crippen molar-refractivity contribution in [1.29, 1.82) is 0 Å². The molecule has 0 aliphatic heterocycles. The van der Waals surface area contributed by atoms with Gasteiger partial charge in [-0.25, -0.2) is 13.8 Å². The van der Waals surface area contributed by atoms with Gasteiger partial charge in [-0.1, -0.05) is 32.0 Å². The van der Waals surface area contributed by atoms with Crippen molar-refractivity contribution in [3.63, 3.8) is 0 Å². The van der Waals surface area contributed by atoms with Crippen LogP contribution in [0.25, 0.3) is 0 Å². The molecule has 0 atom stereocenters. The third kappa shape index (κ3) is 4.14. The predicted molar refractivity (Wildman–Crippen MR) is 100 cm³/mol. The number of nitrogens with zero attached hydrogens (tertiary/aromatic N) is 2. The molecule has 0 radical (unpaired) electrons. The number of anilines is 4. The lowest BCUT2D eigenvalue weighted by Gasteiger charge is -2.15. The van der Waals surface area contributed by atoms with Crippen LogP contribution in [-0.2, 0) is 0 Å². The number of benzene rings is 2. The van der Waals surface area contributed by atoms with Gasteiger partial charge in [0.2, 0.25) is 5.95 Å². The van der Waals surface area contributed by atoms with Gasteiger partial charge in [-0.3, -0.25) is 0 Å². The van der Waals surface area contributed by atoms with Crippen LogP contribution >= 0.6 is 0 Å². The number of hydrogen-bond acceptors (Lipinski definition) is 4. The Morgan fingerprint density at radius 2 is 1.65 bits per heavy atom. The molecule has 4 nitrogen and oxygen atoms in total. The molecule has 3 aromatic rings. The summed E-state index contributed by atoms with van der Waals surface area (Å²) in [6.07, 6.45) is 0. The molecule has 3 rings (SSSR count). The number of aromatic nitrogens is 2. The molecule has 0 saturated heterocycles.